The van der Waals surface area contributed by atoms with E-state index in [0.29, 0.717) is 19.0 Å². The van der Waals surface area contributed by atoms with Crippen LogP contribution in [0.5, 0.6) is 0 Å². The number of nitrogens with one attached hydrogen (secondary N) is 1. The molecule has 1 aromatic carbocycles. The normalized spacial score (nSPS) is 15.8. The Bertz CT molecular complexity index is 806. The standard InChI is InChI=1S/C20H25F3N4O/c1-3-24-12-15-8-10-26(11-9-15)19(28)17-13-25-27(18(17)20(21,22)23)16-6-4-14(2)5-7-16/h4-7,13,15,24H,3,8-12H2,1-2H3. The fourth-order valence-electron chi connectivity index (χ4n) is 3.52. The molecule has 152 valence electrons. The van der Waals surface area contributed by atoms with Crippen LogP contribution >= 0.6 is 0 Å². The van der Waals surface area contributed by atoms with Crippen molar-refractivity contribution >= 4 is 5.91 Å². The molecule has 0 spiro atoms. The topological polar surface area (TPSA) is 50.2 Å². The van der Waals surface area contributed by atoms with E-state index in [0.717, 1.165) is 42.4 Å². The van der Waals surface area contributed by atoms with Crippen molar-refractivity contribution in [3.8, 4) is 5.69 Å². The van der Waals surface area contributed by atoms with Crippen LogP contribution in [0.4, 0.5) is 13.2 Å². The van der Waals surface area contributed by atoms with Crippen LogP contribution in [-0.4, -0.2) is 46.8 Å². The third-order valence-corrected chi connectivity index (χ3v) is 5.13. The fourth-order valence-corrected chi connectivity index (χ4v) is 3.52. The molecule has 0 aliphatic carbocycles. The lowest BCUT2D eigenvalue weighted by atomic mass is 9.96. The minimum absolute atomic E-state index is 0.279. The Hall–Kier alpha value is -2.35. The van der Waals surface area contributed by atoms with Gasteiger partial charge < -0.3 is 10.2 Å². The van der Waals surface area contributed by atoms with Gasteiger partial charge in [-0.25, -0.2) is 4.68 Å². The molecule has 1 N–H and O–H groups in total. The molecule has 1 aliphatic rings. The van der Waals surface area contributed by atoms with E-state index in [9.17, 15) is 18.0 Å². The quantitative estimate of drug-likeness (QED) is 0.842. The Morgan fingerprint density at radius 2 is 1.86 bits per heavy atom. The zero-order chi connectivity index (χ0) is 20.3. The van der Waals surface area contributed by atoms with E-state index < -0.39 is 23.3 Å². The second-order valence-corrected chi connectivity index (χ2v) is 7.20. The van der Waals surface area contributed by atoms with E-state index in [1.165, 1.54) is 4.90 Å². The number of hydrogen-bond donors (Lipinski definition) is 1. The monoisotopic (exact) mass is 394 g/mol. The number of nitrogens with zero attached hydrogens (tertiary/aromatic N) is 3. The highest BCUT2D eigenvalue weighted by Gasteiger charge is 2.41. The number of piperidine rings is 1. The summed E-state index contributed by atoms with van der Waals surface area (Å²) in [5, 5.41) is 7.18. The van der Waals surface area contributed by atoms with E-state index >= 15 is 0 Å². The van der Waals surface area contributed by atoms with E-state index in [1.54, 1.807) is 24.3 Å². The summed E-state index contributed by atoms with van der Waals surface area (Å²) in [6.45, 7) is 6.56. The van der Waals surface area contributed by atoms with Crippen molar-refractivity contribution in [2.75, 3.05) is 26.2 Å². The largest absolute Gasteiger partial charge is 0.434 e. The highest BCUT2D eigenvalue weighted by Crippen LogP contribution is 2.34. The summed E-state index contributed by atoms with van der Waals surface area (Å²) < 4.78 is 42.2. The van der Waals surface area contributed by atoms with Gasteiger partial charge in [-0.3, -0.25) is 4.79 Å². The van der Waals surface area contributed by atoms with Gasteiger partial charge in [0.15, 0.2) is 5.69 Å². The van der Waals surface area contributed by atoms with Crippen LogP contribution < -0.4 is 5.32 Å². The number of carbonyl (C=O) groups excluding carboxylic acids is 1. The highest BCUT2D eigenvalue weighted by atomic mass is 19.4. The molecule has 3 rings (SSSR count). The molecule has 1 saturated heterocycles. The van der Waals surface area contributed by atoms with Gasteiger partial charge in [-0.15, -0.1) is 0 Å². The second kappa shape index (κ2) is 8.34. The molecule has 8 heteroatoms. The number of likely N-dealkylation sites (tertiary alicyclic amines) is 1. The SMILES string of the molecule is CCNCC1CCN(C(=O)c2cnn(-c3ccc(C)cc3)c2C(F)(F)F)CC1. The maximum atomic E-state index is 13.8. The Balaban J connectivity index is 1.84. The van der Waals surface area contributed by atoms with Gasteiger partial charge >= 0.3 is 6.18 Å². The molecule has 0 atom stereocenters. The van der Waals surface area contributed by atoms with Gasteiger partial charge in [-0.05, 0) is 50.9 Å². The molecular weight excluding hydrogens is 369 g/mol. The molecule has 5 nitrogen and oxygen atoms in total. The van der Waals surface area contributed by atoms with Gasteiger partial charge in [-0.2, -0.15) is 18.3 Å². The van der Waals surface area contributed by atoms with Crippen molar-refractivity contribution in [2.24, 2.45) is 5.92 Å². The number of amides is 1. The lowest BCUT2D eigenvalue weighted by Crippen LogP contribution is -2.41. The second-order valence-electron chi connectivity index (χ2n) is 7.20. The van der Waals surface area contributed by atoms with E-state index in [2.05, 4.69) is 10.4 Å². The third kappa shape index (κ3) is 4.38. The van der Waals surface area contributed by atoms with E-state index in [-0.39, 0.29) is 5.69 Å². The zero-order valence-corrected chi connectivity index (χ0v) is 16.1. The third-order valence-electron chi connectivity index (χ3n) is 5.13. The summed E-state index contributed by atoms with van der Waals surface area (Å²) >= 11 is 0. The molecular formula is C20H25F3N4O. The number of aryl methyl sites for hydroxylation is 1. The number of benzene rings is 1. The Kier molecular flexibility index (Phi) is 6.07. The first-order chi connectivity index (χ1) is 13.3. The number of aromatic nitrogens is 2. The molecule has 1 aromatic heterocycles. The Labute approximate surface area is 162 Å². The molecule has 1 amide bonds. The Morgan fingerprint density at radius 1 is 1.21 bits per heavy atom. The smallest absolute Gasteiger partial charge is 0.339 e. The Morgan fingerprint density at radius 3 is 2.43 bits per heavy atom. The number of carbonyl (C=O) groups is 1. The first-order valence-corrected chi connectivity index (χ1v) is 9.53. The average molecular weight is 394 g/mol. The number of halogens is 3. The maximum Gasteiger partial charge on any atom is 0.434 e. The molecule has 2 heterocycles. The van der Waals surface area contributed by atoms with Crippen molar-refractivity contribution in [3.05, 3.63) is 47.3 Å². The lowest BCUT2D eigenvalue weighted by Gasteiger charge is -2.32. The zero-order valence-electron chi connectivity index (χ0n) is 16.1. The summed E-state index contributed by atoms with van der Waals surface area (Å²) in [7, 11) is 0. The highest BCUT2D eigenvalue weighted by molar-refractivity contribution is 5.95. The van der Waals surface area contributed by atoms with Crippen LogP contribution in [0.3, 0.4) is 0 Å². The minimum atomic E-state index is -4.68. The lowest BCUT2D eigenvalue weighted by molar-refractivity contribution is -0.143. The minimum Gasteiger partial charge on any atom is -0.339 e. The predicted octanol–water partition coefficient (Wildman–Crippen LogP) is 3.66. The number of rotatable bonds is 5. The van der Waals surface area contributed by atoms with Gasteiger partial charge in [0.2, 0.25) is 0 Å². The summed E-state index contributed by atoms with van der Waals surface area (Å²) in [5.41, 5.74) is -0.197. The van der Waals surface area contributed by atoms with Gasteiger partial charge in [0.05, 0.1) is 17.4 Å². The van der Waals surface area contributed by atoms with Gasteiger partial charge in [0, 0.05) is 13.1 Å². The van der Waals surface area contributed by atoms with Crippen molar-refractivity contribution < 1.29 is 18.0 Å². The molecule has 0 saturated carbocycles. The molecule has 1 aliphatic heterocycles. The first-order valence-electron chi connectivity index (χ1n) is 9.53. The van der Waals surface area contributed by atoms with Crippen LogP contribution in [0.1, 0.15) is 41.4 Å². The molecule has 0 unspecified atom stereocenters. The van der Waals surface area contributed by atoms with Crippen LogP contribution in [0.2, 0.25) is 0 Å². The molecule has 28 heavy (non-hydrogen) atoms. The van der Waals surface area contributed by atoms with Crippen molar-refractivity contribution in [3.63, 3.8) is 0 Å². The van der Waals surface area contributed by atoms with Crippen LogP contribution in [-0.2, 0) is 6.18 Å². The number of alkyl halides is 3. The molecule has 2 aromatic rings. The summed E-state index contributed by atoms with van der Waals surface area (Å²) in [6.07, 6.45) is -2.08. The predicted molar refractivity (Wildman–Crippen MR) is 100 cm³/mol. The van der Waals surface area contributed by atoms with Gasteiger partial charge in [0.1, 0.15) is 0 Å². The number of hydrogen-bond acceptors (Lipinski definition) is 3. The van der Waals surface area contributed by atoms with Gasteiger partial charge in [0.25, 0.3) is 5.91 Å². The summed E-state index contributed by atoms with van der Waals surface area (Å²) in [6, 6.07) is 6.57. The van der Waals surface area contributed by atoms with E-state index in [4.69, 9.17) is 0 Å². The van der Waals surface area contributed by atoms with Gasteiger partial charge in [-0.1, -0.05) is 24.6 Å². The molecule has 1 fully saturated rings. The first kappa shape index (κ1) is 20.4. The summed E-state index contributed by atoms with van der Waals surface area (Å²) in [4.78, 5) is 14.4. The van der Waals surface area contributed by atoms with Crippen molar-refractivity contribution in [1.29, 1.82) is 0 Å². The fraction of sp³-hybridized carbons (Fsp3) is 0.500. The van der Waals surface area contributed by atoms with Crippen LogP contribution in [0, 0.1) is 12.8 Å². The van der Waals surface area contributed by atoms with Crippen molar-refractivity contribution in [2.45, 2.75) is 32.9 Å². The van der Waals surface area contributed by atoms with E-state index in [1.807, 2.05) is 13.8 Å². The average Bonchev–Trinajstić information content (AvgIpc) is 3.12. The van der Waals surface area contributed by atoms with Crippen molar-refractivity contribution in [1.82, 2.24) is 20.0 Å². The van der Waals surface area contributed by atoms with Crippen LogP contribution in [0.25, 0.3) is 5.69 Å². The molecule has 0 bridgehead atoms. The molecule has 0 radical (unpaired) electrons. The maximum absolute atomic E-state index is 13.8. The van der Waals surface area contributed by atoms with Crippen LogP contribution in [0.15, 0.2) is 30.5 Å². The summed E-state index contributed by atoms with van der Waals surface area (Å²) in [5.74, 6) is -0.158.